The van der Waals surface area contributed by atoms with Gasteiger partial charge in [0.15, 0.2) is 0 Å². The van der Waals surface area contributed by atoms with Gasteiger partial charge >= 0.3 is 17.3 Å². The topological polar surface area (TPSA) is 82.1 Å². The van der Waals surface area contributed by atoms with E-state index in [4.69, 9.17) is 30.1 Å². The lowest BCUT2D eigenvalue weighted by atomic mass is 10.1. The van der Waals surface area contributed by atoms with Crippen molar-refractivity contribution in [3.8, 4) is 0 Å². The molecule has 0 aliphatic rings. The molecule has 1 aromatic carbocycles. The van der Waals surface area contributed by atoms with Crippen LogP contribution in [0, 0.1) is 0 Å². The maximum absolute atomic E-state index is 11.8. The van der Waals surface area contributed by atoms with Crippen LogP contribution in [0.2, 0.25) is 5.02 Å². The standard InChI is InChI=1S/C13H17ClO6S/c1-8(19-21(16)17)9-5-6-10(11(14)7-9)12(15)18-20-13(2,3)4/h5-8H,1-4H3,(H,16,17). The summed E-state index contributed by atoms with van der Waals surface area (Å²) in [5, 5.41) is 0.134. The molecule has 0 heterocycles. The Morgan fingerprint density at radius 3 is 2.48 bits per heavy atom. The molecule has 0 saturated carbocycles. The third-order valence-electron chi connectivity index (χ3n) is 2.28. The van der Waals surface area contributed by atoms with Crippen LogP contribution in [0.25, 0.3) is 0 Å². The first-order valence-corrected chi connectivity index (χ1v) is 7.48. The summed E-state index contributed by atoms with van der Waals surface area (Å²) in [7, 11) is 0. The number of rotatable bonds is 5. The lowest BCUT2D eigenvalue weighted by Crippen LogP contribution is -2.22. The molecule has 6 nitrogen and oxygen atoms in total. The highest BCUT2D eigenvalue weighted by atomic mass is 35.5. The van der Waals surface area contributed by atoms with Crippen LogP contribution in [0.5, 0.6) is 0 Å². The van der Waals surface area contributed by atoms with E-state index in [0.29, 0.717) is 5.56 Å². The first kappa shape index (κ1) is 18.1. The van der Waals surface area contributed by atoms with Crippen LogP contribution in [0.15, 0.2) is 18.2 Å². The van der Waals surface area contributed by atoms with Crippen LogP contribution in [0.1, 0.15) is 49.7 Å². The number of halogens is 1. The smallest absolute Gasteiger partial charge is 0.292 e. The van der Waals surface area contributed by atoms with Crippen LogP contribution in [-0.2, 0) is 25.3 Å². The molecule has 0 aliphatic carbocycles. The van der Waals surface area contributed by atoms with Gasteiger partial charge in [-0.3, -0.25) is 13.6 Å². The Bertz CT molecular complexity index is 540. The molecule has 8 heteroatoms. The van der Waals surface area contributed by atoms with Gasteiger partial charge in [-0.2, -0.15) is 9.10 Å². The van der Waals surface area contributed by atoms with Crippen molar-refractivity contribution in [3.63, 3.8) is 0 Å². The van der Waals surface area contributed by atoms with E-state index < -0.39 is 29.0 Å². The summed E-state index contributed by atoms with van der Waals surface area (Å²) in [6, 6.07) is 4.45. The predicted molar refractivity (Wildman–Crippen MR) is 78.0 cm³/mol. The zero-order valence-electron chi connectivity index (χ0n) is 12.1. The molecule has 1 N–H and O–H groups in total. The van der Waals surface area contributed by atoms with Crippen molar-refractivity contribution >= 4 is 28.9 Å². The first-order chi connectivity index (χ1) is 9.60. The van der Waals surface area contributed by atoms with Crippen LogP contribution >= 0.6 is 11.6 Å². The van der Waals surface area contributed by atoms with E-state index in [1.807, 2.05) is 0 Å². The molecule has 21 heavy (non-hydrogen) atoms. The fourth-order valence-corrected chi connectivity index (χ4v) is 1.96. The highest BCUT2D eigenvalue weighted by molar-refractivity contribution is 7.74. The molecule has 0 saturated heterocycles. The summed E-state index contributed by atoms with van der Waals surface area (Å²) in [4.78, 5) is 21.4. The Balaban J connectivity index is 2.83. The van der Waals surface area contributed by atoms with Gasteiger partial charge in [0.25, 0.3) is 0 Å². The Morgan fingerprint density at radius 1 is 1.38 bits per heavy atom. The Morgan fingerprint density at radius 2 is 2.00 bits per heavy atom. The minimum absolute atomic E-state index is 0.127. The number of benzene rings is 1. The van der Waals surface area contributed by atoms with E-state index in [1.165, 1.54) is 12.1 Å². The second-order valence-corrected chi connectivity index (χ2v) is 6.30. The zero-order valence-corrected chi connectivity index (χ0v) is 13.7. The highest BCUT2D eigenvalue weighted by Crippen LogP contribution is 2.25. The third kappa shape index (κ3) is 6.11. The van der Waals surface area contributed by atoms with Crippen LogP contribution in [-0.4, -0.2) is 20.3 Å². The second-order valence-electron chi connectivity index (χ2n) is 5.26. The minimum Gasteiger partial charge on any atom is -0.292 e. The van der Waals surface area contributed by atoms with Crippen LogP contribution < -0.4 is 0 Å². The molecule has 1 aromatic rings. The molecule has 2 unspecified atom stereocenters. The average Bonchev–Trinajstić information content (AvgIpc) is 2.34. The van der Waals surface area contributed by atoms with Gasteiger partial charge < -0.3 is 0 Å². The lowest BCUT2D eigenvalue weighted by Gasteiger charge is -2.17. The highest BCUT2D eigenvalue weighted by Gasteiger charge is 2.20. The summed E-state index contributed by atoms with van der Waals surface area (Å²) in [6.07, 6.45) is -0.649. The molecule has 2 atom stereocenters. The van der Waals surface area contributed by atoms with Gasteiger partial charge in [0.05, 0.1) is 16.7 Å². The maximum Gasteiger partial charge on any atom is 0.374 e. The van der Waals surface area contributed by atoms with E-state index in [1.54, 1.807) is 33.8 Å². The largest absolute Gasteiger partial charge is 0.374 e. The van der Waals surface area contributed by atoms with Crippen molar-refractivity contribution in [1.29, 1.82) is 0 Å². The van der Waals surface area contributed by atoms with Gasteiger partial charge in [-0.25, -0.2) is 4.79 Å². The molecular formula is C13H17ClO6S. The van der Waals surface area contributed by atoms with Gasteiger partial charge in [0.1, 0.15) is 5.60 Å². The minimum atomic E-state index is -2.38. The SMILES string of the molecule is CC(OS(=O)O)c1ccc(C(=O)OOC(C)(C)C)c(Cl)c1. The van der Waals surface area contributed by atoms with Crippen LogP contribution in [0.3, 0.4) is 0 Å². The Labute approximate surface area is 130 Å². The van der Waals surface area contributed by atoms with Gasteiger partial charge in [-0.05, 0) is 45.4 Å². The molecule has 0 radical (unpaired) electrons. The number of carbonyl (C=O) groups is 1. The van der Waals surface area contributed by atoms with Crippen LogP contribution in [0.4, 0.5) is 0 Å². The number of hydrogen-bond donors (Lipinski definition) is 1. The van der Waals surface area contributed by atoms with Crippen molar-refractivity contribution in [3.05, 3.63) is 34.3 Å². The van der Waals surface area contributed by atoms with E-state index in [2.05, 4.69) is 0 Å². The molecule has 0 aliphatic heterocycles. The van der Waals surface area contributed by atoms with E-state index >= 15 is 0 Å². The number of hydrogen-bond acceptors (Lipinski definition) is 5. The number of carbonyl (C=O) groups excluding carboxylic acids is 1. The monoisotopic (exact) mass is 336 g/mol. The molecule has 0 bridgehead atoms. The third-order valence-corrected chi connectivity index (χ3v) is 3.04. The van der Waals surface area contributed by atoms with Gasteiger partial charge in [0.2, 0.25) is 0 Å². The molecule has 0 fully saturated rings. The normalized spacial score (nSPS) is 14.6. The van der Waals surface area contributed by atoms with Crippen molar-refractivity contribution < 1.29 is 27.5 Å². The summed E-state index contributed by atoms with van der Waals surface area (Å²) in [5.74, 6) is -0.721. The van der Waals surface area contributed by atoms with E-state index in [0.717, 1.165) is 0 Å². The lowest BCUT2D eigenvalue weighted by molar-refractivity contribution is -0.301. The summed E-state index contributed by atoms with van der Waals surface area (Å²) >= 11 is 3.62. The molecule has 118 valence electrons. The zero-order chi connectivity index (χ0) is 16.2. The Kier molecular flexibility index (Phi) is 6.30. The summed E-state index contributed by atoms with van der Waals surface area (Å²) in [6.45, 7) is 6.79. The molecule has 0 amide bonds. The van der Waals surface area contributed by atoms with E-state index in [9.17, 15) is 9.00 Å². The van der Waals surface area contributed by atoms with Gasteiger partial charge in [-0.15, -0.1) is 0 Å². The first-order valence-electron chi connectivity index (χ1n) is 6.07. The van der Waals surface area contributed by atoms with Crippen molar-refractivity contribution in [2.45, 2.75) is 39.4 Å². The molecule has 0 spiro atoms. The van der Waals surface area contributed by atoms with Crippen molar-refractivity contribution in [2.75, 3.05) is 0 Å². The van der Waals surface area contributed by atoms with Crippen molar-refractivity contribution in [1.82, 2.24) is 0 Å². The molecular weight excluding hydrogens is 320 g/mol. The Hall–Kier alpha value is -0.990. The quantitative estimate of drug-likeness (QED) is 0.504. The predicted octanol–water partition coefficient (Wildman–Crippen LogP) is 3.44. The maximum atomic E-state index is 11.8. The average molecular weight is 337 g/mol. The van der Waals surface area contributed by atoms with Gasteiger partial charge in [0, 0.05) is 0 Å². The molecule has 0 aromatic heterocycles. The van der Waals surface area contributed by atoms with E-state index in [-0.39, 0.29) is 10.6 Å². The summed E-state index contributed by atoms with van der Waals surface area (Å²) in [5.41, 5.74) is 0.0491. The fraction of sp³-hybridized carbons (Fsp3) is 0.462. The van der Waals surface area contributed by atoms with Crippen molar-refractivity contribution in [2.24, 2.45) is 0 Å². The molecule has 1 rings (SSSR count). The van der Waals surface area contributed by atoms with Gasteiger partial charge in [-0.1, -0.05) is 17.7 Å². The summed E-state index contributed by atoms with van der Waals surface area (Å²) < 4.78 is 24.0. The second kappa shape index (κ2) is 7.33. The fourth-order valence-electron chi connectivity index (χ4n) is 1.34.